The molecule has 1 fully saturated rings. The van der Waals surface area contributed by atoms with Crippen molar-refractivity contribution in [1.82, 2.24) is 14.5 Å². The van der Waals surface area contributed by atoms with Crippen LogP contribution in [0.1, 0.15) is 27.0 Å². The van der Waals surface area contributed by atoms with Gasteiger partial charge < -0.3 is 15.4 Å². The van der Waals surface area contributed by atoms with Gasteiger partial charge >= 0.3 is 0 Å². The van der Waals surface area contributed by atoms with E-state index in [1.54, 1.807) is 23.5 Å². The van der Waals surface area contributed by atoms with Crippen molar-refractivity contribution in [2.24, 2.45) is 5.73 Å². The predicted octanol–water partition coefficient (Wildman–Crippen LogP) is 1.92. The number of carbonyl (C=O) groups is 1. The average Bonchev–Trinajstić information content (AvgIpc) is 3.26. The van der Waals surface area contributed by atoms with Crippen molar-refractivity contribution in [2.75, 3.05) is 13.1 Å². The zero-order valence-electron chi connectivity index (χ0n) is 13.9. The number of aliphatic hydroxyl groups is 1. The fourth-order valence-electron chi connectivity index (χ4n) is 3.54. The third kappa shape index (κ3) is 2.95. The number of nitrogens with zero attached hydrogens (tertiary/aromatic N) is 3. The summed E-state index contributed by atoms with van der Waals surface area (Å²) < 4.78 is 2.10. The Kier molecular flexibility index (Phi) is 4.07. The van der Waals surface area contributed by atoms with Crippen LogP contribution in [-0.4, -0.2) is 44.7 Å². The van der Waals surface area contributed by atoms with Gasteiger partial charge in [-0.3, -0.25) is 9.69 Å². The van der Waals surface area contributed by atoms with Gasteiger partial charge in [-0.05, 0) is 31.2 Å². The predicted molar refractivity (Wildman–Crippen MR) is 97.6 cm³/mol. The number of benzene rings is 1. The molecule has 0 saturated carbocycles. The number of β-amino-alcohol motifs (C(OH)–C–C–N with tert-alkyl or cyclic N) is 1. The number of aromatic nitrogens is 2. The minimum Gasteiger partial charge on any atom is -0.390 e. The molecule has 7 heteroatoms. The Bertz CT molecular complexity index is 932. The quantitative estimate of drug-likeness (QED) is 0.748. The van der Waals surface area contributed by atoms with Crippen LogP contribution in [0.5, 0.6) is 0 Å². The van der Waals surface area contributed by atoms with Gasteiger partial charge in [0, 0.05) is 47.2 Å². The molecular weight excluding hydrogens is 336 g/mol. The molecule has 3 aromatic rings. The molecule has 1 aliphatic heterocycles. The van der Waals surface area contributed by atoms with Crippen LogP contribution in [0, 0.1) is 6.92 Å². The van der Waals surface area contributed by atoms with Gasteiger partial charge in [0.05, 0.1) is 23.4 Å². The van der Waals surface area contributed by atoms with Gasteiger partial charge in [-0.2, -0.15) is 0 Å². The Labute approximate surface area is 149 Å². The zero-order valence-corrected chi connectivity index (χ0v) is 14.7. The molecule has 1 aromatic carbocycles. The first-order valence-electron chi connectivity index (χ1n) is 8.22. The van der Waals surface area contributed by atoms with E-state index in [4.69, 9.17) is 5.73 Å². The summed E-state index contributed by atoms with van der Waals surface area (Å²) in [7, 11) is 0. The maximum absolute atomic E-state index is 11.3. The highest BCUT2D eigenvalue weighted by Gasteiger charge is 2.33. The number of nitrogens with two attached hydrogens (primary N) is 1. The second kappa shape index (κ2) is 6.25. The van der Waals surface area contributed by atoms with Gasteiger partial charge in [-0.15, -0.1) is 11.3 Å². The number of aliphatic hydroxyl groups excluding tert-OH is 1. The van der Waals surface area contributed by atoms with Crippen LogP contribution < -0.4 is 5.73 Å². The number of amides is 1. The van der Waals surface area contributed by atoms with Crippen molar-refractivity contribution in [1.29, 1.82) is 0 Å². The molecule has 0 unspecified atom stereocenters. The molecular formula is C18H20N4O2S. The largest absolute Gasteiger partial charge is 0.390 e. The van der Waals surface area contributed by atoms with Gasteiger partial charge in [-0.25, -0.2) is 4.98 Å². The van der Waals surface area contributed by atoms with Crippen molar-refractivity contribution in [3.05, 3.63) is 52.1 Å². The van der Waals surface area contributed by atoms with E-state index in [2.05, 4.69) is 14.5 Å². The lowest BCUT2D eigenvalue weighted by Crippen LogP contribution is -2.21. The first-order valence-corrected chi connectivity index (χ1v) is 9.10. The molecule has 0 bridgehead atoms. The Morgan fingerprint density at radius 1 is 1.40 bits per heavy atom. The second-order valence-electron chi connectivity index (χ2n) is 6.55. The van der Waals surface area contributed by atoms with E-state index in [1.165, 1.54) is 4.88 Å². The van der Waals surface area contributed by atoms with Gasteiger partial charge in [0.1, 0.15) is 0 Å². The van der Waals surface area contributed by atoms with Crippen molar-refractivity contribution in [3.63, 3.8) is 0 Å². The lowest BCUT2D eigenvalue weighted by Gasteiger charge is -2.18. The number of thiazole rings is 1. The molecule has 0 radical (unpaired) electrons. The van der Waals surface area contributed by atoms with Crippen LogP contribution in [0.25, 0.3) is 10.9 Å². The molecule has 0 aliphatic carbocycles. The van der Waals surface area contributed by atoms with E-state index in [0.29, 0.717) is 12.1 Å². The molecule has 4 rings (SSSR count). The van der Waals surface area contributed by atoms with Crippen molar-refractivity contribution >= 4 is 28.1 Å². The molecule has 2 atom stereocenters. The van der Waals surface area contributed by atoms with E-state index in [-0.39, 0.29) is 6.04 Å². The van der Waals surface area contributed by atoms with E-state index in [0.717, 1.165) is 29.7 Å². The number of rotatable bonds is 4. The summed E-state index contributed by atoms with van der Waals surface area (Å²) in [6.07, 6.45) is 1.55. The number of hydrogen-bond donors (Lipinski definition) is 2. The van der Waals surface area contributed by atoms with Crippen LogP contribution in [0.4, 0.5) is 0 Å². The highest BCUT2D eigenvalue weighted by atomic mass is 32.1. The number of likely N-dealkylation sites (tertiary alicyclic amines) is 1. The number of aryl methyl sites for hydroxylation is 1. The molecule has 2 aromatic heterocycles. The zero-order chi connectivity index (χ0) is 17.6. The lowest BCUT2D eigenvalue weighted by molar-refractivity contribution is 0.100. The summed E-state index contributed by atoms with van der Waals surface area (Å²) in [4.78, 5) is 19.2. The normalized spacial score (nSPS) is 21.2. The highest BCUT2D eigenvalue weighted by molar-refractivity contribution is 7.09. The van der Waals surface area contributed by atoms with E-state index in [1.807, 2.05) is 30.8 Å². The Morgan fingerprint density at radius 2 is 2.24 bits per heavy atom. The van der Waals surface area contributed by atoms with Crippen LogP contribution in [-0.2, 0) is 6.54 Å². The minimum atomic E-state index is -0.431. The summed E-state index contributed by atoms with van der Waals surface area (Å²) in [5, 5.41) is 11.5. The summed E-state index contributed by atoms with van der Waals surface area (Å²) >= 11 is 1.66. The summed E-state index contributed by atoms with van der Waals surface area (Å²) in [6, 6.07) is 7.39. The first kappa shape index (κ1) is 16.3. The molecule has 0 spiro atoms. The van der Waals surface area contributed by atoms with E-state index in [9.17, 15) is 9.90 Å². The lowest BCUT2D eigenvalue weighted by atomic mass is 10.1. The van der Waals surface area contributed by atoms with Crippen LogP contribution in [0.2, 0.25) is 0 Å². The monoisotopic (exact) mass is 356 g/mol. The molecule has 3 heterocycles. The molecule has 1 aliphatic rings. The van der Waals surface area contributed by atoms with Gasteiger partial charge in [0.2, 0.25) is 5.91 Å². The van der Waals surface area contributed by atoms with Crippen LogP contribution in [0.15, 0.2) is 36.0 Å². The van der Waals surface area contributed by atoms with E-state index < -0.39 is 12.0 Å². The SMILES string of the molecule is Cc1ncsc1CN1C[C@@H](O)[C@H](n2ccc3cc(C(N)=O)ccc32)C1. The number of primary amides is 1. The molecule has 6 nitrogen and oxygen atoms in total. The van der Waals surface area contributed by atoms with Gasteiger partial charge in [0.15, 0.2) is 0 Å². The van der Waals surface area contributed by atoms with Crippen LogP contribution in [0.3, 0.4) is 0 Å². The minimum absolute atomic E-state index is 0.00912. The van der Waals surface area contributed by atoms with E-state index >= 15 is 0 Å². The number of carbonyl (C=O) groups excluding carboxylic acids is 1. The smallest absolute Gasteiger partial charge is 0.248 e. The van der Waals surface area contributed by atoms with Crippen LogP contribution >= 0.6 is 11.3 Å². The Balaban J connectivity index is 1.58. The number of hydrogen-bond acceptors (Lipinski definition) is 5. The molecule has 1 amide bonds. The summed E-state index contributed by atoms with van der Waals surface area (Å²) in [6.45, 7) is 4.25. The fraction of sp³-hybridized carbons (Fsp3) is 0.333. The van der Waals surface area contributed by atoms with Crippen molar-refractivity contribution in [3.8, 4) is 0 Å². The third-order valence-electron chi connectivity index (χ3n) is 4.91. The standard InChI is InChI=1S/C18H20N4O2S/c1-11-17(25-10-20-11)9-21-7-15(16(23)8-21)22-5-4-12-6-13(18(19)24)2-3-14(12)22/h2-6,10,15-16,23H,7-9H2,1H3,(H2,19,24)/t15-,16-/m1/s1. The third-order valence-corrected chi connectivity index (χ3v) is 5.83. The van der Waals surface area contributed by atoms with Gasteiger partial charge in [0.25, 0.3) is 0 Å². The molecule has 3 N–H and O–H groups in total. The first-order chi connectivity index (χ1) is 12.0. The molecule has 1 saturated heterocycles. The fourth-order valence-corrected chi connectivity index (χ4v) is 4.36. The average molecular weight is 356 g/mol. The molecule has 130 valence electrons. The second-order valence-corrected chi connectivity index (χ2v) is 7.49. The summed E-state index contributed by atoms with van der Waals surface area (Å²) in [5.41, 5.74) is 9.79. The van der Waals surface area contributed by atoms with Crippen molar-refractivity contribution < 1.29 is 9.90 Å². The number of fused-ring (bicyclic) bond motifs is 1. The Morgan fingerprint density at radius 3 is 2.96 bits per heavy atom. The topological polar surface area (TPSA) is 84.4 Å². The Hall–Kier alpha value is -2.22. The molecule has 25 heavy (non-hydrogen) atoms. The van der Waals surface area contributed by atoms with Gasteiger partial charge in [-0.1, -0.05) is 0 Å². The van der Waals surface area contributed by atoms with Crippen molar-refractivity contribution in [2.45, 2.75) is 25.6 Å². The maximum Gasteiger partial charge on any atom is 0.248 e. The highest BCUT2D eigenvalue weighted by Crippen LogP contribution is 2.29. The maximum atomic E-state index is 11.3. The summed E-state index contributed by atoms with van der Waals surface area (Å²) in [5.74, 6) is -0.429.